The van der Waals surface area contributed by atoms with Gasteiger partial charge in [-0.05, 0) is 50.5 Å². The molecule has 152 valence electrons. The molecule has 1 aromatic carbocycles. The summed E-state index contributed by atoms with van der Waals surface area (Å²) in [6.45, 7) is 4.97. The highest BCUT2D eigenvalue weighted by Gasteiger charge is 2.25. The first-order valence-corrected chi connectivity index (χ1v) is 11.1. The molecule has 2 heterocycles. The molecule has 1 N–H and O–H groups in total. The van der Waals surface area contributed by atoms with E-state index >= 15 is 0 Å². The van der Waals surface area contributed by atoms with Crippen molar-refractivity contribution in [3.05, 3.63) is 30.2 Å². The van der Waals surface area contributed by atoms with Crippen molar-refractivity contribution in [1.29, 1.82) is 0 Å². The molecular formula is C19H26N4O4S. The van der Waals surface area contributed by atoms with Crippen LogP contribution in [0.3, 0.4) is 0 Å². The van der Waals surface area contributed by atoms with Crippen LogP contribution >= 0.6 is 0 Å². The molecule has 0 bridgehead atoms. The van der Waals surface area contributed by atoms with Crippen molar-refractivity contribution < 1.29 is 17.7 Å². The fourth-order valence-electron chi connectivity index (χ4n) is 3.03. The average molecular weight is 407 g/mol. The summed E-state index contributed by atoms with van der Waals surface area (Å²) in [5, 5.41) is 6.59. The van der Waals surface area contributed by atoms with Crippen molar-refractivity contribution in [2.75, 3.05) is 13.1 Å². The summed E-state index contributed by atoms with van der Waals surface area (Å²) >= 11 is 0. The molecule has 0 radical (unpaired) electrons. The van der Waals surface area contributed by atoms with E-state index in [9.17, 15) is 13.2 Å². The van der Waals surface area contributed by atoms with Crippen molar-refractivity contribution in [3.63, 3.8) is 0 Å². The van der Waals surface area contributed by atoms with Gasteiger partial charge in [0, 0.05) is 24.7 Å². The van der Waals surface area contributed by atoms with Crippen LogP contribution in [-0.4, -0.2) is 47.9 Å². The molecule has 1 amide bonds. The van der Waals surface area contributed by atoms with Gasteiger partial charge in [-0.1, -0.05) is 24.9 Å². The Morgan fingerprint density at radius 3 is 2.43 bits per heavy atom. The van der Waals surface area contributed by atoms with Gasteiger partial charge in [-0.3, -0.25) is 4.79 Å². The maximum atomic E-state index is 12.8. The van der Waals surface area contributed by atoms with Crippen LogP contribution in [-0.2, 0) is 10.0 Å². The van der Waals surface area contributed by atoms with E-state index in [1.54, 1.807) is 28.6 Å². The van der Waals surface area contributed by atoms with Gasteiger partial charge in [-0.25, -0.2) is 8.42 Å². The Kier molecular flexibility index (Phi) is 6.46. The summed E-state index contributed by atoms with van der Waals surface area (Å²) in [5.74, 6) is -0.293. The average Bonchev–Trinajstić information content (AvgIpc) is 3.03. The Hall–Kier alpha value is -2.26. The summed E-state index contributed by atoms with van der Waals surface area (Å²) in [7, 11) is -3.50. The van der Waals surface area contributed by atoms with E-state index in [-0.39, 0.29) is 22.7 Å². The first-order valence-electron chi connectivity index (χ1n) is 9.67. The standard InChI is InChI=1S/C19H26N4O4S/c1-3-14(2)20-18(24)19-21-17(22-27-19)15-8-10-16(11-9-15)28(25,26)23-12-6-4-5-7-13-23/h8-11,14H,3-7,12-13H2,1-2H3,(H,20,24)/t14-/m1/s1. The molecule has 3 rings (SSSR count). The molecule has 0 aliphatic carbocycles. The summed E-state index contributed by atoms with van der Waals surface area (Å²) in [6, 6.07) is 6.36. The van der Waals surface area contributed by atoms with Gasteiger partial charge in [0.25, 0.3) is 0 Å². The Bertz CT molecular complexity index is 900. The Balaban J connectivity index is 1.75. The van der Waals surface area contributed by atoms with Crippen LogP contribution < -0.4 is 5.32 Å². The maximum absolute atomic E-state index is 12.8. The van der Waals surface area contributed by atoms with Crippen molar-refractivity contribution in [2.45, 2.75) is 56.9 Å². The minimum Gasteiger partial charge on any atom is -0.345 e. The number of sulfonamides is 1. The van der Waals surface area contributed by atoms with Gasteiger partial charge >= 0.3 is 11.8 Å². The third-order valence-corrected chi connectivity index (χ3v) is 6.84. The van der Waals surface area contributed by atoms with Crippen molar-refractivity contribution >= 4 is 15.9 Å². The highest BCUT2D eigenvalue weighted by atomic mass is 32.2. The molecule has 28 heavy (non-hydrogen) atoms. The number of amides is 1. The summed E-state index contributed by atoms with van der Waals surface area (Å²) < 4.78 is 32.3. The van der Waals surface area contributed by atoms with Gasteiger partial charge in [0.15, 0.2) is 0 Å². The van der Waals surface area contributed by atoms with Gasteiger partial charge < -0.3 is 9.84 Å². The lowest BCUT2D eigenvalue weighted by atomic mass is 10.2. The van der Waals surface area contributed by atoms with Gasteiger partial charge in [-0.2, -0.15) is 9.29 Å². The minimum absolute atomic E-state index is 0.00586. The van der Waals surface area contributed by atoms with Crippen LogP contribution in [0.15, 0.2) is 33.7 Å². The number of nitrogens with one attached hydrogen (secondary N) is 1. The SMILES string of the molecule is CC[C@@H](C)NC(=O)c1nc(-c2ccc(S(=O)(=O)N3CCCCCC3)cc2)no1. The lowest BCUT2D eigenvalue weighted by Gasteiger charge is -2.19. The molecule has 0 spiro atoms. The Morgan fingerprint density at radius 2 is 1.82 bits per heavy atom. The van der Waals surface area contributed by atoms with Crippen LogP contribution in [0.1, 0.15) is 56.6 Å². The molecule has 1 fully saturated rings. The number of hydrogen-bond acceptors (Lipinski definition) is 6. The van der Waals surface area contributed by atoms with Crippen molar-refractivity contribution in [1.82, 2.24) is 19.8 Å². The monoisotopic (exact) mass is 406 g/mol. The third-order valence-electron chi connectivity index (χ3n) is 4.93. The first kappa shape index (κ1) is 20.5. The minimum atomic E-state index is -3.50. The predicted molar refractivity (Wildman–Crippen MR) is 104 cm³/mol. The van der Waals surface area contributed by atoms with E-state index in [1.807, 2.05) is 13.8 Å². The van der Waals surface area contributed by atoms with Gasteiger partial charge in [0.2, 0.25) is 15.8 Å². The molecule has 9 heteroatoms. The van der Waals surface area contributed by atoms with Gasteiger partial charge in [-0.15, -0.1) is 0 Å². The summed E-state index contributed by atoms with van der Waals surface area (Å²) in [5.41, 5.74) is 0.584. The summed E-state index contributed by atoms with van der Waals surface area (Å²) in [4.78, 5) is 16.4. The lowest BCUT2D eigenvalue weighted by molar-refractivity contribution is 0.0895. The number of rotatable bonds is 6. The highest BCUT2D eigenvalue weighted by molar-refractivity contribution is 7.89. The second-order valence-corrected chi connectivity index (χ2v) is 8.99. The van der Waals surface area contributed by atoms with E-state index in [0.29, 0.717) is 18.7 Å². The molecule has 2 aromatic rings. The largest absolute Gasteiger partial charge is 0.345 e. The molecule has 1 aromatic heterocycles. The van der Waals surface area contributed by atoms with E-state index in [4.69, 9.17) is 4.52 Å². The molecular weight excluding hydrogens is 380 g/mol. The van der Waals surface area contributed by atoms with Crippen molar-refractivity contribution in [3.8, 4) is 11.4 Å². The number of benzene rings is 1. The van der Waals surface area contributed by atoms with E-state index < -0.39 is 15.9 Å². The highest BCUT2D eigenvalue weighted by Crippen LogP contribution is 2.23. The van der Waals surface area contributed by atoms with Crippen LogP contribution in [0.2, 0.25) is 0 Å². The number of aromatic nitrogens is 2. The first-order chi connectivity index (χ1) is 13.4. The Morgan fingerprint density at radius 1 is 1.18 bits per heavy atom. The lowest BCUT2D eigenvalue weighted by Crippen LogP contribution is -2.32. The van der Waals surface area contributed by atoms with E-state index in [0.717, 1.165) is 32.1 Å². The normalized spacial score (nSPS) is 17.1. The molecule has 1 aliphatic rings. The van der Waals surface area contributed by atoms with Gasteiger partial charge in [0.05, 0.1) is 4.90 Å². The fourth-order valence-corrected chi connectivity index (χ4v) is 4.54. The summed E-state index contributed by atoms with van der Waals surface area (Å²) in [6.07, 6.45) is 4.70. The maximum Gasteiger partial charge on any atom is 0.316 e. The third kappa shape index (κ3) is 4.59. The Labute approximate surface area is 165 Å². The number of hydrogen-bond donors (Lipinski definition) is 1. The molecule has 0 saturated carbocycles. The van der Waals surface area contributed by atoms with E-state index in [1.165, 1.54) is 0 Å². The second-order valence-electron chi connectivity index (χ2n) is 7.05. The quantitative estimate of drug-likeness (QED) is 0.791. The van der Waals surface area contributed by atoms with Crippen LogP contribution in [0.25, 0.3) is 11.4 Å². The topological polar surface area (TPSA) is 105 Å². The van der Waals surface area contributed by atoms with Gasteiger partial charge in [0.1, 0.15) is 0 Å². The zero-order valence-electron chi connectivity index (χ0n) is 16.2. The molecule has 1 saturated heterocycles. The predicted octanol–water partition coefficient (Wildman–Crippen LogP) is 2.83. The van der Waals surface area contributed by atoms with Crippen molar-refractivity contribution in [2.24, 2.45) is 0 Å². The van der Waals surface area contributed by atoms with Crippen LogP contribution in [0, 0.1) is 0 Å². The molecule has 1 aliphatic heterocycles. The van der Waals surface area contributed by atoms with Crippen LogP contribution in [0.4, 0.5) is 0 Å². The zero-order chi connectivity index (χ0) is 20.1. The van der Waals surface area contributed by atoms with Crippen LogP contribution in [0.5, 0.6) is 0 Å². The fraction of sp³-hybridized carbons (Fsp3) is 0.526. The molecule has 8 nitrogen and oxygen atoms in total. The number of carbonyl (C=O) groups is 1. The molecule has 0 unspecified atom stereocenters. The molecule has 1 atom stereocenters. The zero-order valence-corrected chi connectivity index (χ0v) is 17.0. The number of nitrogens with zero attached hydrogens (tertiary/aromatic N) is 3. The second kappa shape index (κ2) is 8.83. The number of carbonyl (C=O) groups excluding carboxylic acids is 1. The van der Waals surface area contributed by atoms with E-state index in [2.05, 4.69) is 15.5 Å². The smallest absolute Gasteiger partial charge is 0.316 e.